The summed E-state index contributed by atoms with van der Waals surface area (Å²) in [5, 5.41) is 39.2. The minimum Gasteiger partial charge on any atom is -0.461 e. The zero-order chi connectivity index (χ0) is 21.2. The Kier molecular flexibility index (Phi) is 12.5. The van der Waals surface area contributed by atoms with Crippen LogP contribution >= 0.6 is 7.82 Å². The molecule has 0 rings (SSSR count). The van der Waals surface area contributed by atoms with Gasteiger partial charge in [0, 0.05) is 0 Å². The summed E-state index contributed by atoms with van der Waals surface area (Å²) in [4.78, 5) is 21.3. The molecule has 0 radical (unpaired) electrons. The number of rotatable bonds is 14. The number of aliphatic hydroxyl groups excluding tert-OH is 4. The van der Waals surface area contributed by atoms with Gasteiger partial charge in [0.15, 0.2) is 6.10 Å². The Labute approximate surface area is 159 Å². The Bertz CT molecular complexity index is 474. The summed E-state index contributed by atoms with van der Waals surface area (Å²) < 4.78 is 26.1. The Balaban J connectivity index is 4.58. The van der Waals surface area contributed by atoms with Crippen LogP contribution < -0.4 is 0 Å². The van der Waals surface area contributed by atoms with Gasteiger partial charge in [-0.05, 0) is 26.7 Å². The van der Waals surface area contributed by atoms with Gasteiger partial charge < -0.3 is 30.1 Å². The van der Waals surface area contributed by atoms with Crippen molar-refractivity contribution in [3.8, 4) is 0 Å². The smallest absolute Gasteiger partial charge is 0.461 e. The molecule has 0 spiro atoms. The Morgan fingerprint density at radius 2 is 1.48 bits per heavy atom. The van der Waals surface area contributed by atoms with E-state index in [0.717, 1.165) is 12.8 Å². The number of ether oxygens (including phenoxy) is 1. The van der Waals surface area contributed by atoms with Crippen LogP contribution in [0, 0.1) is 0 Å². The normalized spacial score (nSPS) is 20.8. The number of aliphatic hydroxyl groups is 4. The van der Waals surface area contributed by atoms with E-state index >= 15 is 0 Å². The van der Waals surface area contributed by atoms with Crippen molar-refractivity contribution in [2.75, 3.05) is 6.61 Å². The summed E-state index contributed by atoms with van der Waals surface area (Å²) in [6.45, 7) is 6.06. The third-order valence-electron chi connectivity index (χ3n) is 3.74. The van der Waals surface area contributed by atoms with Gasteiger partial charge in [-0.1, -0.05) is 26.7 Å². The Morgan fingerprint density at radius 1 is 0.963 bits per heavy atom. The molecular formula is C16H33O10P. The molecule has 0 aromatic carbocycles. The van der Waals surface area contributed by atoms with Crippen LogP contribution in [0.3, 0.4) is 0 Å². The minimum absolute atomic E-state index is 0.489. The molecule has 3 unspecified atom stereocenters. The molecule has 0 aromatic rings. The maximum atomic E-state index is 11.8. The van der Waals surface area contributed by atoms with E-state index < -0.39 is 57.0 Å². The van der Waals surface area contributed by atoms with E-state index in [-0.39, 0.29) is 0 Å². The predicted octanol–water partition coefficient (Wildman–Crippen LogP) is 0.484. The van der Waals surface area contributed by atoms with E-state index in [0.29, 0.717) is 12.8 Å². The molecule has 0 aromatic heterocycles. The lowest BCUT2D eigenvalue weighted by atomic mass is 10.0. The SMILES string of the molecule is CCCC(C)OC(=O)[C@H](O)[C@@H](O)[C@H](O)[C@H](O)COP(=O)(O)OC(C)CCC. The van der Waals surface area contributed by atoms with Crippen LogP contribution in [0.15, 0.2) is 0 Å². The molecule has 0 saturated heterocycles. The van der Waals surface area contributed by atoms with Gasteiger partial charge in [0.2, 0.25) is 0 Å². The Hall–Kier alpha value is -0.580. The highest BCUT2D eigenvalue weighted by Crippen LogP contribution is 2.45. The zero-order valence-corrected chi connectivity index (χ0v) is 17.1. The molecule has 7 atom stereocenters. The molecule has 10 nitrogen and oxygen atoms in total. The van der Waals surface area contributed by atoms with Gasteiger partial charge in [0.25, 0.3) is 0 Å². The molecule has 0 bridgehead atoms. The van der Waals surface area contributed by atoms with Crippen molar-refractivity contribution in [1.29, 1.82) is 0 Å². The first kappa shape index (κ1) is 26.4. The number of phosphoric ester groups is 1. The van der Waals surface area contributed by atoms with Gasteiger partial charge in [-0.15, -0.1) is 0 Å². The highest BCUT2D eigenvalue weighted by Gasteiger charge is 2.37. The average molecular weight is 416 g/mol. The summed E-state index contributed by atoms with van der Waals surface area (Å²) >= 11 is 0. The van der Waals surface area contributed by atoms with Crippen molar-refractivity contribution in [3.05, 3.63) is 0 Å². The van der Waals surface area contributed by atoms with E-state index in [1.54, 1.807) is 13.8 Å². The lowest BCUT2D eigenvalue weighted by Crippen LogP contribution is -2.49. The molecule has 0 aliphatic rings. The second-order valence-corrected chi connectivity index (χ2v) is 7.90. The summed E-state index contributed by atoms with van der Waals surface area (Å²) in [5.41, 5.74) is 0. The quantitative estimate of drug-likeness (QED) is 0.199. The first-order valence-electron chi connectivity index (χ1n) is 9.03. The van der Waals surface area contributed by atoms with Gasteiger partial charge in [-0.3, -0.25) is 9.05 Å². The van der Waals surface area contributed by atoms with Crippen molar-refractivity contribution in [2.45, 2.75) is 90.0 Å². The van der Waals surface area contributed by atoms with Gasteiger partial charge in [0.05, 0.1) is 18.8 Å². The maximum absolute atomic E-state index is 11.8. The fraction of sp³-hybridized carbons (Fsp3) is 0.938. The van der Waals surface area contributed by atoms with Crippen molar-refractivity contribution in [1.82, 2.24) is 0 Å². The third-order valence-corrected chi connectivity index (χ3v) is 4.84. The molecule has 0 saturated carbocycles. The van der Waals surface area contributed by atoms with E-state index in [1.807, 2.05) is 13.8 Å². The fourth-order valence-corrected chi connectivity index (χ4v) is 3.24. The van der Waals surface area contributed by atoms with Crippen LogP contribution in [0.5, 0.6) is 0 Å². The zero-order valence-electron chi connectivity index (χ0n) is 16.2. The van der Waals surface area contributed by atoms with Gasteiger partial charge in [0.1, 0.15) is 18.3 Å². The third kappa shape index (κ3) is 10.5. The first-order valence-corrected chi connectivity index (χ1v) is 10.5. The van der Waals surface area contributed by atoms with Gasteiger partial charge in [-0.2, -0.15) is 0 Å². The second kappa shape index (κ2) is 12.8. The molecule has 5 N–H and O–H groups in total. The molecule has 162 valence electrons. The van der Waals surface area contributed by atoms with Crippen molar-refractivity contribution < 1.29 is 48.5 Å². The highest BCUT2D eigenvalue weighted by atomic mass is 31.2. The number of esters is 1. The van der Waals surface area contributed by atoms with Crippen molar-refractivity contribution in [3.63, 3.8) is 0 Å². The molecule has 0 aliphatic heterocycles. The molecule has 0 amide bonds. The predicted molar refractivity (Wildman–Crippen MR) is 95.7 cm³/mol. The van der Waals surface area contributed by atoms with Crippen molar-refractivity contribution >= 4 is 13.8 Å². The lowest BCUT2D eigenvalue weighted by Gasteiger charge is -2.26. The first-order chi connectivity index (χ1) is 12.4. The average Bonchev–Trinajstić information content (AvgIpc) is 2.57. The lowest BCUT2D eigenvalue weighted by molar-refractivity contribution is -0.174. The van der Waals surface area contributed by atoms with Crippen molar-refractivity contribution in [2.24, 2.45) is 0 Å². The summed E-state index contributed by atoms with van der Waals surface area (Å²) in [6.07, 6.45) is -6.58. The van der Waals surface area contributed by atoms with E-state index in [1.165, 1.54) is 0 Å². The van der Waals surface area contributed by atoms with Gasteiger partial charge in [-0.25, -0.2) is 9.36 Å². The van der Waals surface area contributed by atoms with Crippen LogP contribution in [0.1, 0.15) is 53.4 Å². The van der Waals surface area contributed by atoms with E-state index in [9.17, 15) is 34.7 Å². The monoisotopic (exact) mass is 416 g/mol. The standard InChI is InChI=1S/C16H33O10P/c1-5-7-10(3)25-16(21)15(20)14(19)13(18)12(17)9-24-27(22,23)26-11(4)8-6-2/h10-15,17-20H,5-9H2,1-4H3,(H,22,23)/t10?,11?,12-,13-,14+,15-/m1/s1. The van der Waals surface area contributed by atoms with Crippen LogP contribution in [0.2, 0.25) is 0 Å². The number of carbonyl (C=O) groups excluding carboxylic acids is 1. The van der Waals surface area contributed by atoms with Crippen LogP contribution in [0.4, 0.5) is 0 Å². The number of hydrogen-bond acceptors (Lipinski definition) is 9. The van der Waals surface area contributed by atoms with Crippen LogP contribution in [-0.2, 0) is 23.1 Å². The number of hydrogen-bond donors (Lipinski definition) is 5. The topological polar surface area (TPSA) is 163 Å². The molecule has 0 aliphatic carbocycles. The second-order valence-electron chi connectivity index (χ2n) is 6.50. The molecule has 27 heavy (non-hydrogen) atoms. The highest BCUT2D eigenvalue weighted by molar-refractivity contribution is 7.47. The van der Waals surface area contributed by atoms with Crippen LogP contribution in [-0.4, -0.2) is 74.5 Å². The summed E-state index contributed by atoms with van der Waals surface area (Å²) in [6, 6.07) is 0. The van der Waals surface area contributed by atoms with Gasteiger partial charge >= 0.3 is 13.8 Å². The molecular weight excluding hydrogens is 383 g/mol. The largest absolute Gasteiger partial charge is 0.472 e. The van der Waals surface area contributed by atoms with Crippen LogP contribution in [0.25, 0.3) is 0 Å². The summed E-state index contributed by atoms with van der Waals surface area (Å²) in [5.74, 6) is -1.15. The molecule has 0 heterocycles. The molecule has 0 fully saturated rings. The minimum atomic E-state index is -4.48. The molecule has 11 heteroatoms. The van der Waals surface area contributed by atoms with E-state index in [4.69, 9.17) is 9.26 Å². The maximum Gasteiger partial charge on any atom is 0.472 e. The fourth-order valence-electron chi connectivity index (χ4n) is 2.27. The number of carbonyl (C=O) groups is 1. The number of phosphoric acid groups is 1. The summed E-state index contributed by atoms with van der Waals surface area (Å²) in [7, 11) is -4.48. The van der Waals surface area contributed by atoms with E-state index in [2.05, 4.69) is 4.52 Å². The Morgan fingerprint density at radius 3 is 2.00 bits per heavy atom.